The third-order valence-corrected chi connectivity index (χ3v) is 5.67. The Kier molecular flexibility index (Phi) is 6.24. The zero-order valence-electron chi connectivity index (χ0n) is 15.6. The summed E-state index contributed by atoms with van der Waals surface area (Å²) in [4.78, 5) is 13.6. The molecule has 1 saturated carbocycles. The van der Waals surface area contributed by atoms with Crippen LogP contribution < -0.4 is 15.4 Å². The van der Waals surface area contributed by atoms with Crippen LogP contribution in [-0.2, 0) is 0 Å². The number of hydrogen-bond donors (Lipinski definition) is 3. The Labute approximate surface area is 169 Å². The summed E-state index contributed by atoms with van der Waals surface area (Å²) in [5.41, 5.74) is 1.87. The highest BCUT2D eigenvalue weighted by Gasteiger charge is 2.15. The van der Waals surface area contributed by atoms with Crippen LogP contribution in [0.25, 0.3) is 0 Å². The van der Waals surface area contributed by atoms with E-state index in [1.54, 1.807) is 11.9 Å². The quantitative estimate of drug-likeness (QED) is 0.442. The molecule has 28 heavy (non-hydrogen) atoms. The minimum atomic E-state index is 0.506. The van der Waals surface area contributed by atoms with Gasteiger partial charge in [-0.15, -0.1) is 0 Å². The van der Waals surface area contributed by atoms with E-state index in [1.165, 1.54) is 32.1 Å². The average molecular weight is 393 g/mol. The minimum absolute atomic E-state index is 0.506. The van der Waals surface area contributed by atoms with Crippen molar-refractivity contribution in [2.45, 2.75) is 37.4 Å². The van der Waals surface area contributed by atoms with E-state index in [4.69, 9.17) is 0 Å². The minimum Gasteiger partial charge on any atom is -0.324 e. The van der Waals surface area contributed by atoms with Crippen molar-refractivity contribution in [2.75, 3.05) is 15.4 Å². The first kappa shape index (κ1) is 18.6. The highest BCUT2D eigenvalue weighted by Crippen LogP contribution is 2.29. The Bertz CT molecular complexity index is 809. The second kappa shape index (κ2) is 9.41. The lowest BCUT2D eigenvalue weighted by Gasteiger charge is -2.20. The first-order valence-electron chi connectivity index (χ1n) is 9.67. The molecule has 1 aliphatic carbocycles. The third-order valence-electron chi connectivity index (χ3n) is 4.56. The topological polar surface area (TPSA) is 74.8 Å². The van der Waals surface area contributed by atoms with E-state index in [-0.39, 0.29) is 0 Å². The number of aromatic nitrogens is 3. The summed E-state index contributed by atoms with van der Waals surface area (Å²) in [6, 6.07) is 19.8. The van der Waals surface area contributed by atoms with E-state index < -0.39 is 0 Å². The molecular formula is C21H24N6S. The van der Waals surface area contributed by atoms with E-state index in [2.05, 4.69) is 30.3 Å². The fraction of sp³-hybridized carbons (Fsp3) is 0.286. The van der Waals surface area contributed by atoms with Crippen molar-refractivity contribution in [3.05, 3.63) is 60.7 Å². The van der Waals surface area contributed by atoms with Crippen molar-refractivity contribution in [3.63, 3.8) is 0 Å². The van der Waals surface area contributed by atoms with Gasteiger partial charge < -0.3 is 10.6 Å². The zero-order valence-corrected chi connectivity index (χ0v) is 16.5. The summed E-state index contributed by atoms with van der Waals surface area (Å²) in [6.07, 6.45) is 6.44. The van der Waals surface area contributed by atoms with E-state index >= 15 is 0 Å². The normalized spacial score (nSPS) is 14.4. The Hall–Kier alpha value is -2.80. The second-order valence-corrected chi connectivity index (χ2v) is 7.87. The SMILES string of the molecule is c1ccc(Nc2nc(NSC3CCCCC3)nc(Nc3ccccc3)n2)cc1. The van der Waals surface area contributed by atoms with Crippen LogP contribution in [0, 0.1) is 0 Å². The number of anilines is 5. The van der Waals surface area contributed by atoms with Gasteiger partial charge in [0.15, 0.2) is 0 Å². The fourth-order valence-corrected chi connectivity index (χ4v) is 4.09. The molecule has 0 spiro atoms. The largest absolute Gasteiger partial charge is 0.324 e. The maximum Gasteiger partial charge on any atom is 0.239 e. The maximum atomic E-state index is 4.55. The van der Waals surface area contributed by atoms with E-state index in [1.807, 2.05) is 60.7 Å². The van der Waals surface area contributed by atoms with Crippen LogP contribution in [0.4, 0.5) is 29.2 Å². The third kappa shape index (κ3) is 5.36. The molecule has 4 rings (SSSR count). The molecule has 3 aromatic rings. The Morgan fingerprint density at radius 3 is 1.68 bits per heavy atom. The van der Waals surface area contributed by atoms with Crippen molar-refractivity contribution >= 4 is 41.2 Å². The number of nitrogens with one attached hydrogen (secondary N) is 3. The highest BCUT2D eigenvalue weighted by atomic mass is 32.2. The zero-order chi connectivity index (χ0) is 19.0. The smallest absolute Gasteiger partial charge is 0.239 e. The molecule has 0 aliphatic heterocycles. The summed E-state index contributed by atoms with van der Waals surface area (Å²) in [6.45, 7) is 0. The number of benzene rings is 2. The van der Waals surface area contributed by atoms with E-state index in [9.17, 15) is 0 Å². The fourth-order valence-electron chi connectivity index (χ4n) is 3.15. The molecule has 1 aromatic heterocycles. The molecule has 0 saturated heterocycles. The number of hydrogen-bond acceptors (Lipinski definition) is 7. The van der Waals surface area contributed by atoms with Crippen LogP contribution in [0.2, 0.25) is 0 Å². The molecule has 6 nitrogen and oxygen atoms in total. The van der Waals surface area contributed by atoms with Gasteiger partial charge in [0, 0.05) is 16.6 Å². The second-order valence-electron chi connectivity index (χ2n) is 6.77. The number of nitrogens with zero attached hydrogens (tertiary/aromatic N) is 3. The van der Waals surface area contributed by atoms with Crippen LogP contribution in [-0.4, -0.2) is 20.2 Å². The molecule has 0 amide bonds. The van der Waals surface area contributed by atoms with Crippen molar-refractivity contribution in [2.24, 2.45) is 0 Å². The van der Waals surface area contributed by atoms with Gasteiger partial charge in [-0.1, -0.05) is 55.7 Å². The molecule has 1 fully saturated rings. The summed E-state index contributed by atoms with van der Waals surface area (Å²) in [5, 5.41) is 7.13. The number of para-hydroxylation sites is 2. The molecule has 144 valence electrons. The summed E-state index contributed by atoms with van der Waals surface area (Å²) in [5.74, 6) is 1.57. The van der Waals surface area contributed by atoms with Crippen LogP contribution in [0.5, 0.6) is 0 Å². The molecule has 7 heteroatoms. The van der Waals surface area contributed by atoms with Gasteiger partial charge in [0.25, 0.3) is 0 Å². The highest BCUT2D eigenvalue weighted by molar-refractivity contribution is 8.01. The number of rotatable bonds is 7. The molecule has 2 aromatic carbocycles. The van der Waals surface area contributed by atoms with Crippen LogP contribution >= 0.6 is 11.9 Å². The lowest BCUT2D eigenvalue weighted by atomic mass is 10.0. The predicted octanol–water partition coefficient (Wildman–Crippen LogP) is 5.75. The first-order chi connectivity index (χ1) is 13.8. The maximum absolute atomic E-state index is 4.55. The summed E-state index contributed by atoms with van der Waals surface area (Å²) in [7, 11) is 0. The first-order valence-corrected chi connectivity index (χ1v) is 10.5. The van der Waals surface area contributed by atoms with Crippen LogP contribution in [0.3, 0.4) is 0 Å². The van der Waals surface area contributed by atoms with E-state index in [0.717, 1.165) is 11.4 Å². The molecular weight excluding hydrogens is 368 g/mol. The van der Waals surface area contributed by atoms with Crippen molar-refractivity contribution in [3.8, 4) is 0 Å². The lowest BCUT2D eigenvalue weighted by Crippen LogP contribution is -2.12. The van der Waals surface area contributed by atoms with Gasteiger partial charge in [0.1, 0.15) is 0 Å². The predicted molar refractivity (Wildman–Crippen MR) is 117 cm³/mol. The lowest BCUT2D eigenvalue weighted by molar-refractivity contribution is 0.516. The monoisotopic (exact) mass is 392 g/mol. The molecule has 0 unspecified atom stereocenters. The van der Waals surface area contributed by atoms with Gasteiger partial charge in [-0.25, -0.2) is 0 Å². The average Bonchev–Trinajstić information content (AvgIpc) is 2.74. The van der Waals surface area contributed by atoms with Gasteiger partial charge >= 0.3 is 0 Å². The standard InChI is InChI=1S/C21H24N6S/c1-4-10-16(11-5-1)22-19-24-20(23-17-12-6-2-7-13-17)26-21(25-19)27-28-18-14-8-3-9-15-18/h1-2,4-7,10-13,18H,3,8-9,14-15H2,(H3,22,23,24,25,26,27). The van der Waals surface area contributed by atoms with Crippen molar-refractivity contribution in [1.29, 1.82) is 0 Å². The van der Waals surface area contributed by atoms with Crippen molar-refractivity contribution in [1.82, 2.24) is 15.0 Å². The van der Waals surface area contributed by atoms with Crippen LogP contribution in [0.1, 0.15) is 32.1 Å². The van der Waals surface area contributed by atoms with Crippen molar-refractivity contribution < 1.29 is 0 Å². The van der Waals surface area contributed by atoms with Gasteiger partial charge in [0.2, 0.25) is 17.8 Å². The Morgan fingerprint density at radius 1 is 0.643 bits per heavy atom. The summed E-state index contributed by atoms with van der Waals surface area (Å²) >= 11 is 1.72. The molecule has 0 bridgehead atoms. The molecule has 1 heterocycles. The Morgan fingerprint density at radius 2 is 1.14 bits per heavy atom. The van der Waals surface area contributed by atoms with Crippen LogP contribution in [0.15, 0.2) is 60.7 Å². The van der Waals surface area contributed by atoms with Gasteiger partial charge in [-0.2, -0.15) is 15.0 Å². The van der Waals surface area contributed by atoms with Gasteiger partial charge in [-0.05, 0) is 49.1 Å². The van der Waals surface area contributed by atoms with Gasteiger partial charge in [0.05, 0.1) is 0 Å². The van der Waals surface area contributed by atoms with Gasteiger partial charge in [-0.3, -0.25) is 4.72 Å². The molecule has 1 aliphatic rings. The summed E-state index contributed by atoms with van der Waals surface area (Å²) < 4.78 is 3.34. The molecule has 0 radical (unpaired) electrons. The Balaban J connectivity index is 1.52. The van der Waals surface area contributed by atoms with E-state index in [0.29, 0.717) is 23.1 Å². The molecule has 0 atom stereocenters. The molecule has 3 N–H and O–H groups in total.